The predicted molar refractivity (Wildman–Crippen MR) is 80.0 cm³/mol. The predicted octanol–water partition coefficient (Wildman–Crippen LogP) is 0.995. The molecular formula is C15H18N2O4S. The average molecular weight is 322 g/mol. The average Bonchev–Trinajstić information content (AvgIpc) is 2.48. The minimum Gasteiger partial charge on any atom is -0.393 e. The van der Waals surface area contributed by atoms with Crippen LogP contribution in [-0.2, 0) is 9.84 Å². The summed E-state index contributed by atoms with van der Waals surface area (Å²) >= 11 is 0. The molecule has 0 aliphatic heterocycles. The monoisotopic (exact) mass is 322 g/mol. The summed E-state index contributed by atoms with van der Waals surface area (Å²) in [5.74, 6) is -0.501. The van der Waals surface area contributed by atoms with E-state index >= 15 is 0 Å². The standard InChI is InChI=1S/C15H18N2O4S/c1-22(20,21)14-7-2-10(9-16)8-13(14)15(19)17-11-3-5-12(18)6-4-11/h2,7-8,11-12,18H,3-6H2,1H3,(H,17,19). The summed E-state index contributed by atoms with van der Waals surface area (Å²) in [6.07, 6.45) is 3.23. The van der Waals surface area contributed by atoms with Crippen LogP contribution >= 0.6 is 0 Å². The van der Waals surface area contributed by atoms with Crippen LogP contribution in [0.2, 0.25) is 0 Å². The second-order valence-electron chi connectivity index (χ2n) is 5.57. The minimum atomic E-state index is -3.56. The lowest BCUT2D eigenvalue weighted by Crippen LogP contribution is -2.39. The van der Waals surface area contributed by atoms with E-state index in [2.05, 4.69) is 5.32 Å². The highest BCUT2D eigenvalue weighted by atomic mass is 32.2. The van der Waals surface area contributed by atoms with Crippen LogP contribution in [-0.4, -0.2) is 37.8 Å². The third kappa shape index (κ3) is 3.84. The molecule has 1 aliphatic rings. The molecule has 1 aliphatic carbocycles. The van der Waals surface area contributed by atoms with Gasteiger partial charge < -0.3 is 10.4 Å². The van der Waals surface area contributed by atoms with Crippen LogP contribution in [0.4, 0.5) is 0 Å². The molecule has 0 aromatic heterocycles. The number of carbonyl (C=O) groups is 1. The highest BCUT2D eigenvalue weighted by Crippen LogP contribution is 2.21. The molecule has 22 heavy (non-hydrogen) atoms. The maximum absolute atomic E-state index is 12.4. The highest BCUT2D eigenvalue weighted by Gasteiger charge is 2.24. The maximum atomic E-state index is 12.4. The van der Waals surface area contributed by atoms with E-state index in [1.807, 2.05) is 6.07 Å². The normalized spacial score (nSPS) is 21.9. The van der Waals surface area contributed by atoms with Crippen molar-refractivity contribution in [2.75, 3.05) is 6.26 Å². The number of nitrogens with one attached hydrogen (secondary N) is 1. The largest absolute Gasteiger partial charge is 0.393 e. The Hall–Kier alpha value is -1.91. The van der Waals surface area contributed by atoms with E-state index in [9.17, 15) is 18.3 Å². The number of aliphatic hydroxyl groups excluding tert-OH is 1. The van der Waals surface area contributed by atoms with Gasteiger partial charge in [-0.15, -0.1) is 0 Å². The number of nitrogens with zero attached hydrogens (tertiary/aromatic N) is 1. The molecule has 1 aromatic rings. The molecule has 1 saturated carbocycles. The van der Waals surface area contributed by atoms with Gasteiger partial charge >= 0.3 is 0 Å². The molecule has 0 bridgehead atoms. The summed E-state index contributed by atoms with van der Waals surface area (Å²) in [5, 5.41) is 21.2. The number of hydrogen-bond donors (Lipinski definition) is 2. The Bertz CT molecular complexity index is 714. The SMILES string of the molecule is CS(=O)(=O)c1ccc(C#N)cc1C(=O)NC1CCC(O)CC1. The summed E-state index contributed by atoms with van der Waals surface area (Å²) in [7, 11) is -3.56. The Morgan fingerprint density at radius 2 is 1.95 bits per heavy atom. The van der Waals surface area contributed by atoms with Crippen LogP contribution in [0, 0.1) is 11.3 Å². The van der Waals surface area contributed by atoms with Crippen molar-refractivity contribution in [3.05, 3.63) is 29.3 Å². The molecule has 0 atom stereocenters. The molecule has 1 amide bonds. The number of rotatable bonds is 3. The first-order valence-electron chi connectivity index (χ1n) is 7.04. The van der Waals surface area contributed by atoms with Gasteiger partial charge in [-0.1, -0.05) is 0 Å². The Morgan fingerprint density at radius 3 is 2.50 bits per heavy atom. The summed E-state index contributed by atoms with van der Waals surface area (Å²) in [6.45, 7) is 0. The number of carbonyl (C=O) groups excluding carboxylic acids is 1. The minimum absolute atomic E-state index is 0.00679. The van der Waals surface area contributed by atoms with E-state index in [0.29, 0.717) is 25.7 Å². The number of sulfone groups is 1. The number of benzene rings is 1. The van der Waals surface area contributed by atoms with Gasteiger partial charge in [-0.05, 0) is 43.9 Å². The van der Waals surface area contributed by atoms with Gasteiger partial charge in [0.25, 0.3) is 5.91 Å². The van der Waals surface area contributed by atoms with Crippen molar-refractivity contribution in [2.24, 2.45) is 0 Å². The zero-order valence-electron chi connectivity index (χ0n) is 12.2. The first-order chi connectivity index (χ1) is 10.3. The Balaban J connectivity index is 2.26. The topological polar surface area (TPSA) is 107 Å². The van der Waals surface area contributed by atoms with Gasteiger partial charge in [0.05, 0.1) is 28.2 Å². The fourth-order valence-electron chi connectivity index (χ4n) is 2.58. The van der Waals surface area contributed by atoms with Crippen LogP contribution in [0.1, 0.15) is 41.6 Å². The smallest absolute Gasteiger partial charge is 0.252 e. The summed E-state index contributed by atoms with van der Waals surface area (Å²) < 4.78 is 23.6. The van der Waals surface area contributed by atoms with E-state index in [1.165, 1.54) is 18.2 Å². The van der Waals surface area contributed by atoms with Gasteiger partial charge in [0.1, 0.15) is 0 Å². The van der Waals surface area contributed by atoms with Crippen molar-refractivity contribution in [2.45, 2.75) is 42.7 Å². The van der Waals surface area contributed by atoms with E-state index in [4.69, 9.17) is 5.26 Å². The number of amides is 1. The molecule has 1 aromatic carbocycles. The molecule has 7 heteroatoms. The summed E-state index contributed by atoms with van der Waals surface area (Å²) in [5.41, 5.74) is 0.226. The summed E-state index contributed by atoms with van der Waals surface area (Å²) in [6, 6.07) is 5.77. The molecule has 0 radical (unpaired) electrons. The van der Waals surface area contributed by atoms with Gasteiger partial charge in [-0.2, -0.15) is 5.26 Å². The molecule has 1 fully saturated rings. The lowest BCUT2D eigenvalue weighted by molar-refractivity contribution is 0.0864. The Morgan fingerprint density at radius 1 is 1.32 bits per heavy atom. The van der Waals surface area contributed by atoms with E-state index in [-0.39, 0.29) is 28.2 Å². The second kappa shape index (κ2) is 6.46. The fraction of sp³-hybridized carbons (Fsp3) is 0.467. The van der Waals surface area contributed by atoms with E-state index < -0.39 is 15.7 Å². The highest BCUT2D eigenvalue weighted by molar-refractivity contribution is 7.90. The summed E-state index contributed by atoms with van der Waals surface area (Å²) in [4.78, 5) is 12.3. The Kier molecular flexibility index (Phi) is 4.84. The van der Waals surface area contributed by atoms with Gasteiger partial charge in [0, 0.05) is 12.3 Å². The van der Waals surface area contributed by atoms with Gasteiger partial charge in [-0.3, -0.25) is 4.79 Å². The van der Waals surface area contributed by atoms with Crippen LogP contribution in [0.15, 0.2) is 23.1 Å². The van der Waals surface area contributed by atoms with Crippen LogP contribution in [0.25, 0.3) is 0 Å². The number of hydrogen-bond acceptors (Lipinski definition) is 5. The van der Waals surface area contributed by atoms with Crippen molar-refractivity contribution < 1.29 is 18.3 Å². The number of aliphatic hydroxyl groups is 1. The van der Waals surface area contributed by atoms with Gasteiger partial charge in [0.2, 0.25) is 0 Å². The molecule has 0 spiro atoms. The fourth-order valence-corrected chi connectivity index (χ4v) is 3.45. The lowest BCUT2D eigenvalue weighted by Gasteiger charge is -2.26. The molecule has 118 valence electrons. The van der Waals surface area contributed by atoms with E-state index in [1.54, 1.807) is 0 Å². The maximum Gasteiger partial charge on any atom is 0.252 e. The quantitative estimate of drug-likeness (QED) is 0.863. The first-order valence-corrected chi connectivity index (χ1v) is 8.93. The third-order valence-electron chi connectivity index (χ3n) is 3.78. The van der Waals surface area contributed by atoms with Crippen molar-refractivity contribution >= 4 is 15.7 Å². The second-order valence-corrected chi connectivity index (χ2v) is 7.56. The number of nitriles is 1. The first kappa shape index (κ1) is 16.5. The molecule has 6 nitrogen and oxygen atoms in total. The molecule has 0 saturated heterocycles. The third-order valence-corrected chi connectivity index (χ3v) is 4.94. The molecule has 0 unspecified atom stereocenters. The van der Waals surface area contributed by atoms with Crippen molar-refractivity contribution in [3.63, 3.8) is 0 Å². The van der Waals surface area contributed by atoms with Crippen molar-refractivity contribution in [1.82, 2.24) is 5.32 Å². The Labute approximate surface area is 129 Å². The zero-order valence-corrected chi connectivity index (χ0v) is 13.1. The van der Waals surface area contributed by atoms with Crippen molar-refractivity contribution in [3.8, 4) is 6.07 Å². The van der Waals surface area contributed by atoms with Crippen LogP contribution in [0.5, 0.6) is 0 Å². The van der Waals surface area contributed by atoms with Crippen LogP contribution in [0.3, 0.4) is 0 Å². The van der Waals surface area contributed by atoms with E-state index in [0.717, 1.165) is 6.26 Å². The van der Waals surface area contributed by atoms with Crippen LogP contribution < -0.4 is 5.32 Å². The lowest BCUT2D eigenvalue weighted by atomic mass is 9.93. The van der Waals surface area contributed by atoms with Gasteiger partial charge in [-0.25, -0.2) is 8.42 Å². The molecular weight excluding hydrogens is 304 g/mol. The molecule has 2 rings (SSSR count). The molecule has 2 N–H and O–H groups in total. The van der Waals surface area contributed by atoms with Gasteiger partial charge in [0.15, 0.2) is 9.84 Å². The molecule has 0 heterocycles. The van der Waals surface area contributed by atoms with Crippen molar-refractivity contribution in [1.29, 1.82) is 5.26 Å². The zero-order chi connectivity index (χ0) is 16.3.